The molecule has 82 valence electrons. The maximum Gasteiger partial charge on any atom is 0.335 e. The van der Waals surface area contributed by atoms with Crippen molar-refractivity contribution < 1.29 is 20.1 Å². The monoisotopic (exact) mass is 230 g/mol. The molecule has 3 N–H and O–H groups in total. The summed E-state index contributed by atoms with van der Waals surface area (Å²) in [6.45, 7) is 1.68. The van der Waals surface area contributed by atoms with Gasteiger partial charge in [0, 0.05) is 5.02 Å². The lowest BCUT2D eigenvalue weighted by Gasteiger charge is -2.16. The second-order valence-electron chi connectivity index (χ2n) is 3.23. The van der Waals surface area contributed by atoms with Crippen molar-refractivity contribution in [3.63, 3.8) is 0 Å². The Morgan fingerprint density at radius 2 is 2.00 bits per heavy atom. The average Bonchev–Trinajstić information content (AvgIpc) is 2.15. The van der Waals surface area contributed by atoms with Gasteiger partial charge in [-0.1, -0.05) is 17.7 Å². The molecule has 0 heterocycles. The average molecular weight is 231 g/mol. The predicted octanol–water partition coefficient (Wildman–Crippen LogP) is 1.13. The largest absolute Gasteiger partial charge is 0.479 e. The van der Waals surface area contributed by atoms with Crippen LogP contribution in [-0.4, -0.2) is 27.4 Å². The van der Waals surface area contributed by atoms with Crippen LogP contribution in [0.25, 0.3) is 0 Å². The number of carboxylic acids is 1. The van der Waals surface area contributed by atoms with E-state index in [1.165, 1.54) is 12.1 Å². The molecule has 0 radical (unpaired) electrons. The molecule has 1 rings (SSSR count). The van der Waals surface area contributed by atoms with E-state index in [0.29, 0.717) is 16.1 Å². The molecule has 0 aromatic heterocycles. The fourth-order valence-corrected chi connectivity index (χ4v) is 1.50. The third kappa shape index (κ3) is 2.68. The van der Waals surface area contributed by atoms with Gasteiger partial charge in [0.05, 0.1) is 0 Å². The van der Waals surface area contributed by atoms with Gasteiger partial charge >= 0.3 is 5.97 Å². The highest BCUT2D eigenvalue weighted by molar-refractivity contribution is 6.30. The topological polar surface area (TPSA) is 77.8 Å². The van der Waals surface area contributed by atoms with Crippen LogP contribution in [0, 0.1) is 6.92 Å². The summed E-state index contributed by atoms with van der Waals surface area (Å²) in [5.74, 6) is -1.46. The van der Waals surface area contributed by atoms with Crippen LogP contribution in [-0.2, 0) is 4.79 Å². The Bertz CT molecular complexity index is 378. The molecule has 15 heavy (non-hydrogen) atoms. The van der Waals surface area contributed by atoms with Crippen molar-refractivity contribution in [1.82, 2.24) is 0 Å². The number of aliphatic hydroxyl groups excluding tert-OH is 2. The molecule has 0 bridgehead atoms. The number of benzene rings is 1. The van der Waals surface area contributed by atoms with E-state index < -0.39 is 18.2 Å². The minimum absolute atomic E-state index is 0.356. The summed E-state index contributed by atoms with van der Waals surface area (Å²) >= 11 is 5.70. The Kier molecular flexibility index (Phi) is 3.68. The van der Waals surface area contributed by atoms with Gasteiger partial charge in [-0.25, -0.2) is 4.79 Å². The molecule has 0 spiro atoms. The Morgan fingerprint density at radius 3 is 2.47 bits per heavy atom. The maximum absolute atomic E-state index is 10.5. The fourth-order valence-electron chi connectivity index (χ4n) is 1.28. The summed E-state index contributed by atoms with van der Waals surface area (Å²) in [5, 5.41) is 27.7. The van der Waals surface area contributed by atoms with E-state index in [0.717, 1.165) is 0 Å². The number of aliphatic hydroxyl groups is 2. The van der Waals surface area contributed by atoms with E-state index in [9.17, 15) is 9.90 Å². The Balaban J connectivity index is 3.01. The Labute approximate surface area is 91.7 Å². The van der Waals surface area contributed by atoms with Crippen molar-refractivity contribution in [1.29, 1.82) is 0 Å². The first-order chi connectivity index (χ1) is 6.93. The van der Waals surface area contributed by atoms with Gasteiger partial charge in [-0.3, -0.25) is 0 Å². The van der Waals surface area contributed by atoms with E-state index >= 15 is 0 Å². The molecule has 0 saturated carbocycles. The Morgan fingerprint density at radius 1 is 1.40 bits per heavy atom. The van der Waals surface area contributed by atoms with Crippen molar-refractivity contribution in [2.45, 2.75) is 19.1 Å². The zero-order valence-electron chi connectivity index (χ0n) is 8.01. The van der Waals surface area contributed by atoms with Gasteiger partial charge in [0.1, 0.15) is 6.10 Å². The highest BCUT2D eigenvalue weighted by Gasteiger charge is 2.26. The van der Waals surface area contributed by atoms with Crippen LogP contribution < -0.4 is 0 Å². The summed E-state index contributed by atoms with van der Waals surface area (Å²) in [4.78, 5) is 10.5. The van der Waals surface area contributed by atoms with Crippen LogP contribution in [0.3, 0.4) is 0 Å². The highest BCUT2D eigenvalue weighted by Crippen LogP contribution is 2.23. The number of halogens is 1. The summed E-state index contributed by atoms with van der Waals surface area (Å²) in [5.41, 5.74) is 0.990. The highest BCUT2D eigenvalue weighted by atomic mass is 35.5. The van der Waals surface area contributed by atoms with E-state index in [-0.39, 0.29) is 0 Å². The van der Waals surface area contributed by atoms with E-state index in [1.807, 2.05) is 0 Å². The first kappa shape index (κ1) is 12.0. The third-order valence-corrected chi connectivity index (χ3v) is 2.34. The number of aliphatic carboxylic acids is 1. The molecule has 4 nitrogen and oxygen atoms in total. The molecule has 2 atom stereocenters. The van der Waals surface area contributed by atoms with E-state index in [4.69, 9.17) is 21.8 Å². The van der Waals surface area contributed by atoms with E-state index in [1.54, 1.807) is 13.0 Å². The number of rotatable bonds is 3. The van der Waals surface area contributed by atoms with Crippen molar-refractivity contribution in [3.8, 4) is 0 Å². The maximum atomic E-state index is 10.5. The van der Waals surface area contributed by atoms with E-state index in [2.05, 4.69) is 0 Å². The lowest BCUT2D eigenvalue weighted by Crippen LogP contribution is -2.27. The van der Waals surface area contributed by atoms with Crippen LogP contribution in [0.4, 0.5) is 0 Å². The van der Waals surface area contributed by atoms with Crippen molar-refractivity contribution in [3.05, 3.63) is 34.3 Å². The van der Waals surface area contributed by atoms with Crippen LogP contribution >= 0.6 is 11.6 Å². The predicted molar refractivity (Wildman–Crippen MR) is 54.8 cm³/mol. The number of hydrogen-bond donors (Lipinski definition) is 3. The standard InChI is InChI=1S/C10H11ClO4/c1-5-4-6(11)2-3-7(5)8(12)9(13)10(14)15/h2-4,8-9,12-13H,1H3,(H,14,15). The number of hydrogen-bond acceptors (Lipinski definition) is 3. The van der Waals surface area contributed by atoms with Crippen LogP contribution in [0.1, 0.15) is 17.2 Å². The van der Waals surface area contributed by atoms with Gasteiger partial charge in [0.15, 0.2) is 6.10 Å². The SMILES string of the molecule is Cc1cc(Cl)ccc1C(O)C(O)C(=O)O. The first-order valence-corrected chi connectivity index (χ1v) is 4.66. The molecule has 1 aromatic rings. The molecular formula is C10H11ClO4. The van der Waals surface area contributed by atoms with Gasteiger partial charge in [-0.2, -0.15) is 0 Å². The van der Waals surface area contributed by atoms with Crippen LogP contribution in [0.15, 0.2) is 18.2 Å². The lowest BCUT2D eigenvalue weighted by molar-refractivity contribution is -0.153. The zero-order valence-corrected chi connectivity index (χ0v) is 8.77. The molecular weight excluding hydrogens is 220 g/mol. The second kappa shape index (κ2) is 4.61. The fraction of sp³-hybridized carbons (Fsp3) is 0.300. The molecule has 1 aromatic carbocycles. The molecule has 5 heteroatoms. The third-order valence-electron chi connectivity index (χ3n) is 2.10. The quantitative estimate of drug-likeness (QED) is 0.727. The van der Waals surface area contributed by atoms with Crippen molar-refractivity contribution >= 4 is 17.6 Å². The minimum Gasteiger partial charge on any atom is -0.479 e. The van der Waals surface area contributed by atoms with Gasteiger partial charge in [0.2, 0.25) is 0 Å². The summed E-state index contributed by atoms with van der Waals surface area (Å²) in [6, 6.07) is 4.62. The zero-order chi connectivity index (χ0) is 11.6. The molecule has 2 unspecified atom stereocenters. The second-order valence-corrected chi connectivity index (χ2v) is 3.67. The van der Waals surface area contributed by atoms with Gasteiger partial charge in [-0.15, -0.1) is 0 Å². The number of carboxylic acid groups (broad SMARTS) is 1. The summed E-state index contributed by atoms with van der Waals surface area (Å²) < 4.78 is 0. The summed E-state index contributed by atoms with van der Waals surface area (Å²) in [7, 11) is 0. The van der Waals surface area contributed by atoms with Gasteiger partial charge in [0.25, 0.3) is 0 Å². The van der Waals surface area contributed by atoms with Crippen molar-refractivity contribution in [2.24, 2.45) is 0 Å². The van der Waals surface area contributed by atoms with Gasteiger partial charge in [-0.05, 0) is 30.2 Å². The molecule has 0 aliphatic rings. The smallest absolute Gasteiger partial charge is 0.335 e. The molecule has 0 aliphatic carbocycles. The van der Waals surface area contributed by atoms with Crippen LogP contribution in [0.2, 0.25) is 5.02 Å². The molecule has 0 saturated heterocycles. The molecule has 0 aliphatic heterocycles. The first-order valence-electron chi connectivity index (χ1n) is 4.28. The number of carbonyl (C=O) groups is 1. The summed E-state index contributed by atoms with van der Waals surface area (Å²) in [6.07, 6.45) is -3.27. The molecule has 0 amide bonds. The van der Waals surface area contributed by atoms with Gasteiger partial charge < -0.3 is 15.3 Å². The van der Waals surface area contributed by atoms with Crippen molar-refractivity contribution in [2.75, 3.05) is 0 Å². The molecule has 0 fully saturated rings. The minimum atomic E-state index is -1.83. The normalized spacial score (nSPS) is 14.7. The Hall–Kier alpha value is -1.10. The van der Waals surface area contributed by atoms with Crippen LogP contribution in [0.5, 0.6) is 0 Å². The number of aryl methyl sites for hydroxylation is 1. The lowest BCUT2D eigenvalue weighted by atomic mass is 10.00.